The van der Waals surface area contributed by atoms with Gasteiger partial charge in [-0.3, -0.25) is 4.79 Å². The second kappa shape index (κ2) is 6.85. The number of nitriles is 1. The first-order valence-electron chi connectivity index (χ1n) is 6.78. The average Bonchev–Trinajstić information content (AvgIpc) is 3.26. The second-order valence-electron chi connectivity index (χ2n) is 5.02. The number of hydrogen-bond acceptors (Lipinski definition) is 2. The molecule has 1 aliphatic rings. The summed E-state index contributed by atoms with van der Waals surface area (Å²) in [5.41, 5.74) is 0.784. The van der Waals surface area contributed by atoms with E-state index in [9.17, 15) is 9.18 Å². The van der Waals surface area contributed by atoms with Crippen molar-refractivity contribution >= 4 is 12.0 Å². The fraction of sp³-hybridized carbons (Fsp3) is 0.375. The minimum absolute atomic E-state index is 0.0866. The number of hydrogen-bond donors (Lipinski definition) is 0. The van der Waals surface area contributed by atoms with Crippen molar-refractivity contribution in [3.63, 3.8) is 0 Å². The molecule has 1 aromatic carbocycles. The molecule has 20 heavy (non-hydrogen) atoms. The third kappa shape index (κ3) is 4.51. The Hall–Kier alpha value is -2.15. The van der Waals surface area contributed by atoms with Gasteiger partial charge in [0.2, 0.25) is 5.91 Å². The highest BCUT2D eigenvalue weighted by atomic mass is 19.1. The van der Waals surface area contributed by atoms with Gasteiger partial charge in [-0.2, -0.15) is 5.26 Å². The quantitative estimate of drug-likeness (QED) is 0.747. The SMILES string of the molecule is N#CCCN(CC1CC1)C(=O)C=Cc1ccc(F)cc1. The van der Waals surface area contributed by atoms with Crippen LogP contribution in [0.2, 0.25) is 0 Å². The Labute approximate surface area is 118 Å². The Morgan fingerprint density at radius 3 is 2.70 bits per heavy atom. The number of nitrogens with zero attached hydrogens (tertiary/aromatic N) is 2. The number of benzene rings is 1. The molecule has 0 aliphatic heterocycles. The minimum atomic E-state index is -0.294. The monoisotopic (exact) mass is 272 g/mol. The Bertz CT molecular complexity index is 526. The van der Waals surface area contributed by atoms with Gasteiger partial charge in [0.05, 0.1) is 12.5 Å². The molecule has 0 radical (unpaired) electrons. The van der Waals surface area contributed by atoms with E-state index in [-0.39, 0.29) is 11.7 Å². The summed E-state index contributed by atoms with van der Waals surface area (Å²) in [7, 11) is 0. The zero-order chi connectivity index (χ0) is 14.4. The maximum absolute atomic E-state index is 12.8. The average molecular weight is 272 g/mol. The third-order valence-electron chi connectivity index (χ3n) is 3.27. The lowest BCUT2D eigenvalue weighted by Crippen LogP contribution is -2.32. The third-order valence-corrected chi connectivity index (χ3v) is 3.27. The van der Waals surface area contributed by atoms with Crippen LogP contribution in [-0.4, -0.2) is 23.9 Å². The van der Waals surface area contributed by atoms with Crippen LogP contribution in [0, 0.1) is 23.1 Å². The van der Waals surface area contributed by atoms with Gasteiger partial charge in [-0.05, 0) is 42.5 Å². The molecular formula is C16H17FN2O. The molecule has 0 N–H and O–H groups in total. The lowest BCUT2D eigenvalue weighted by Gasteiger charge is -2.19. The van der Waals surface area contributed by atoms with Gasteiger partial charge < -0.3 is 4.90 Å². The van der Waals surface area contributed by atoms with Crippen LogP contribution in [0.25, 0.3) is 6.08 Å². The first-order valence-corrected chi connectivity index (χ1v) is 6.78. The number of carbonyl (C=O) groups excluding carboxylic acids is 1. The summed E-state index contributed by atoms with van der Waals surface area (Å²) in [6.45, 7) is 1.20. The Morgan fingerprint density at radius 1 is 1.40 bits per heavy atom. The van der Waals surface area contributed by atoms with Crippen molar-refractivity contribution in [2.24, 2.45) is 5.92 Å². The highest BCUT2D eigenvalue weighted by molar-refractivity contribution is 5.91. The minimum Gasteiger partial charge on any atom is -0.338 e. The van der Waals surface area contributed by atoms with Crippen molar-refractivity contribution in [1.29, 1.82) is 5.26 Å². The lowest BCUT2D eigenvalue weighted by molar-refractivity contribution is -0.126. The molecule has 0 bridgehead atoms. The molecule has 1 aliphatic carbocycles. The van der Waals surface area contributed by atoms with E-state index in [0.29, 0.717) is 18.9 Å². The fourth-order valence-electron chi connectivity index (χ4n) is 1.94. The van der Waals surface area contributed by atoms with Crippen molar-refractivity contribution < 1.29 is 9.18 Å². The van der Waals surface area contributed by atoms with Crippen LogP contribution in [0.3, 0.4) is 0 Å². The van der Waals surface area contributed by atoms with E-state index in [1.807, 2.05) is 0 Å². The molecule has 0 aromatic heterocycles. The topological polar surface area (TPSA) is 44.1 Å². The van der Waals surface area contributed by atoms with E-state index >= 15 is 0 Å². The number of halogens is 1. The molecule has 0 spiro atoms. The molecule has 1 aromatic rings. The molecule has 0 saturated heterocycles. The predicted octanol–water partition coefficient (Wildman–Crippen LogP) is 2.99. The van der Waals surface area contributed by atoms with Crippen LogP contribution < -0.4 is 0 Å². The Morgan fingerprint density at radius 2 is 2.10 bits per heavy atom. The van der Waals surface area contributed by atoms with Crippen LogP contribution in [-0.2, 0) is 4.79 Å². The van der Waals surface area contributed by atoms with Crippen molar-refractivity contribution in [2.45, 2.75) is 19.3 Å². The van der Waals surface area contributed by atoms with Crippen molar-refractivity contribution in [3.05, 3.63) is 41.7 Å². The zero-order valence-corrected chi connectivity index (χ0v) is 11.3. The first-order chi connectivity index (χ1) is 9.69. The lowest BCUT2D eigenvalue weighted by atomic mass is 10.2. The number of amides is 1. The normalized spacial score (nSPS) is 14.2. The van der Waals surface area contributed by atoms with Crippen molar-refractivity contribution in [1.82, 2.24) is 4.90 Å². The largest absolute Gasteiger partial charge is 0.338 e. The predicted molar refractivity (Wildman–Crippen MR) is 75.0 cm³/mol. The van der Waals surface area contributed by atoms with Crippen LogP contribution in [0.5, 0.6) is 0 Å². The Kier molecular flexibility index (Phi) is 4.89. The van der Waals surface area contributed by atoms with Crippen molar-refractivity contribution in [2.75, 3.05) is 13.1 Å². The van der Waals surface area contributed by atoms with E-state index < -0.39 is 0 Å². The molecule has 0 unspecified atom stereocenters. The molecular weight excluding hydrogens is 255 g/mol. The molecule has 0 heterocycles. The number of rotatable bonds is 6. The first kappa shape index (κ1) is 14.3. The molecule has 1 fully saturated rings. The van der Waals surface area contributed by atoms with Gasteiger partial charge in [-0.25, -0.2) is 4.39 Å². The number of carbonyl (C=O) groups is 1. The van der Waals surface area contributed by atoms with Gasteiger partial charge in [0.15, 0.2) is 0 Å². The highest BCUT2D eigenvalue weighted by Crippen LogP contribution is 2.29. The molecule has 2 rings (SSSR count). The van der Waals surface area contributed by atoms with Gasteiger partial charge in [-0.1, -0.05) is 12.1 Å². The summed E-state index contributed by atoms with van der Waals surface area (Å²) in [5.74, 6) is 0.214. The zero-order valence-electron chi connectivity index (χ0n) is 11.3. The van der Waals surface area contributed by atoms with E-state index in [0.717, 1.165) is 24.9 Å². The van der Waals surface area contributed by atoms with Crippen LogP contribution in [0.15, 0.2) is 30.3 Å². The van der Waals surface area contributed by atoms with Gasteiger partial charge in [0, 0.05) is 19.2 Å². The van der Waals surface area contributed by atoms with Gasteiger partial charge in [-0.15, -0.1) is 0 Å². The molecule has 1 amide bonds. The van der Waals surface area contributed by atoms with E-state index in [1.165, 1.54) is 18.2 Å². The maximum atomic E-state index is 12.8. The van der Waals surface area contributed by atoms with Gasteiger partial charge in [0.1, 0.15) is 5.82 Å². The molecule has 1 saturated carbocycles. The van der Waals surface area contributed by atoms with Gasteiger partial charge in [0.25, 0.3) is 0 Å². The van der Waals surface area contributed by atoms with E-state index in [2.05, 4.69) is 6.07 Å². The maximum Gasteiger partial charge on any atom is 0.246 e. The summed E-state index contributed by atoms with van der Waals surface area (Å²) in [6.07, 6.45) is 5.85. The smallest absolute Gasteiger partial charge is 0.246 e. The summed E-state index contributed by atoms with van der Waals surface area (Å²) in [4.78, 5) is 13.8. The Balaban J connectivity index is 1.95. The molecule has 0 atom stereocenters. The van der Waals surface area contributed by atoms with Crippen LogP contribution in [0.4, 0.5) is 4.39 Å². The van der Waals surface area contributed by atoms with Gasteiger partial charge >= 0.3 is 0 Å². The van der Waals surface area contributed by atoms with Crippen LogP contribution in [0.1, 0.15) is 24.8 Å². The second-order valence-corrected chi connectivity index (χ2v) is 5.02. The molecule has 104 valence electrons. The summed E-state index contributed by atoms with van der Waals surface area (Å²) >= 11 is 0. The molecule has 3 nitrogen and oxygen atoms in total. The molecule has 4 heteroatoms. The summed E-state index contributed by atoms with van der Waals surface area (Å²) in [6, 6.07) is 8.04. The summed E-state index contributed by atoms with van der Waals surface area (Å²) < 4.78 is 12.8. The fourth-order valence-corrected chi connectivity index (χ4v) is 1.94. The van der Waals surface area contributed by atoms with E-state index in [4.69, 9.17) is 5.26 Å². The van der Waals surface area contributed by atoms with E-state index in [1.54, 1.807) is 23.1 Å². The van der Waals surface area contributed by atoms with Crippen molar-refractivity contribution in [3.8, 4) is 6.07 Å². The highest BCUT2D eigenvalue weighted by Gasteiger charge is 2.25. The summed E-state index contributed by atoms with van der Waals surface area (Å²) in [5, 5.41) is 8.64. The van der Waals surface area contributed by atoms with Crippen LogP contribution >= 0.6 is 0 Å². The standard InChI is InChI=1S/C16H17FN2O/c17-15-7-4-13(5-8-15)6-9-16(20)19(11-1-10-18)12-14-2-3-14/h4-9,14H,1-3,11-12H2.